The number of amides is 1. The minimum absolute atomic E-state index is 0.294. The van der Waals surface area contributed by atoms with Crippen LogP contribution in [0.4, 0.5) is 0 Å². The first-order chi connectivity index (χ1) is 17.7. The van der Waals surface area contributed by atoms with Crippen molar-refractivity contribution < 1.29 is 4.79 Å². The SMILES string of the molecule is O=C1/C(=C/c2cccc3c2ccn3Cc2cccc(Cl)c2)CC[C@@H]2[C@H]3CCCN4CCC[C@@H](CN12)[C@@H]34. The number of rotatable bonds is 3. The van der Waals surface area contributed by atoms with E-state index >= 15 is 0 Å². The van der Waals surface area contributed by atoms with Gasteiger partial charge in [0.2, 0.25) is 5.91 Å². The Kier molecular flexibility index (Phi) is 5.70. The van der Waals surface area contributed by atoms with E-state index in [0.717, 1.165) is 48.1 Å². The van der Waals surface area contributed by atoms with Gasteiger partial charge >= 0.3 is 0 Å². The lowest BCUT2D eigenvalue weighted by atomic mass is 9.67. The van der Waals surface area contributed by atoms with Gasteiger partial charge in [-0.25, -0.2) is 0 Å². The molecule has 0 saturated carbocycles. The van der Waals surface area contributed by atoms with E-state index in [9.17, 15) is 4.79 Å². The van der Waals surface area contributed by atoms with Crippen molar-refractivity contribution in [1.82, 2.24) is 14.4 Å². The Hall–Kier alpha value is -2.56. The van der Waals surface area contributed by atoms with Crippen molar-refractivity contribution in [2.24, 2.45) is 11.8 Å². The molecule has 0 unspecified atom stereocenters. The number of aromatic nitrogens is 1. The fraction of sp³-hybridized carbons (Fsp3) is 0.452. The molecule has 4 atom stereocenters. The van der Waals surface area contributed by atoms with Crippen LogP contribution in [0, 0.1) is 11.8 Å². The molecule has 186 valence electrons. The second-order valence-electron chi connectivity index (χ2n) is 11.3. The van der Waals surface area contributed by atoms with E-state index in [1.165, 1.54) is 55.2 Å². The molecule has 0 bridgehead atoms. The van der Waals surface area contributed by atoms with Crippen LogP contribution in [0.5, 0.6) is 0 Å². The van der Waals surface area contributed by atoms with Gasteiger partial charge in [-0.2, -0.15) is 0 Å². The van der Waals surface area contributed by atoms with E-state index in [2.05, 4.69) is 57.0 Å². The maximum atomic E-state index is 13.8. The minimum atomic E-state index is 0.294. The first-order valence-electron chi connectivity index (χ1n) is 13.7. The van der Waals surface area contributed by atoms with Crippen LogP contribution in [0.15, 0.2) is 60.3 Å². The van der Waals surface area contributed by atoms with Crippen molar-refractivity contribution in [2.45, 2.75) is 57.2 Å². The lowest BCUT2D eigenvalue weighted by Gasteiger charge is -2.58. The number of hydrogen-bond donors (Lipinski definition) is 0. The molecule has 2 aromatic carbocycles. The number of nitrogens with zero attached hydrogens (tertiary/aromatic N) is 3. The van der Waals surface area contributed by atoms with Gasteiger partial charge in [-0.3, -0.25) is 9.69 Å². The normalized spacial score (nSPS) is 29.4. The fourth-order valence-corrected chi connectivity index (χ4v) is 8.07. The number of carbonyl (C=O) groups excluding carboxylic acids is 1. The number of halogens is 1. The Balaban J connectivity index is 1.17. The van der Waals surface area contributed by atoms with Crippen LogP contribution in [0.25, 0.3) is 17.0 Å². The summed E-state index contributed by atoms with van der Waals surface area (Å²) in [5.41, 5.74) is 4.51. The summed E-state index contributed by atoms with van der Waals surface area (Å²) in [4.78, 5) is 18.9. The van der Waals surface area contributed by atoms with E-state index in [4.69, 9.17) is 11.6 Å². The zero-order valence-electron chi connectivity index (χ0n) is 20.8. The van der Waals surface area contributed by atoms with E-state index in [1.807, 2.05) is 18.2 Å². The van der Waals surface area contributed by atoms with E-state index in [1.54, 1.807) is 0 Å². The highest BCUT2D eigenvalue weighted by atomic mass is 35.5. The molecular weight excluding hydrogens is 466 g/mol. The highest BCUT2D eigenvalue weighted by molar-refractivity contribution is 6.30. The molecule has 4 saturated heterocycles. The van der Waals surface area contributed by atoms with Crippen LogP contribution in [-0.2, 0) is 11.3 Å². The van der Waals surface area contributed by atoms with Crippen molar-refractivity contribution in [2.75, 3.05) is 19.6 Å². The van der Waals surface area contributed by atoms with Crippen molar-refractivity contribution >= 4 is 34.5 Å². The Morgan fingerprint density at radius 1 is 1.00 bits per heavy atom. The number of fused-ring (bicyclic) bond motifs is 3. The van der Waals surface area contributed by atoms with E-state index < -0.39 is 0 Å². The number of carbonyl (C=O) groups is 1. The molecule has 5 heterocycles. The molecule has 0 N–H and O–H groups in total. The largest absolute Gasteiger partial charge is 0.343 e. The predicted molar refractivity (Wildman–Crippen MR) is 146 cm³/mol. The lowest BCUT2D eigenvalue weighted by Crippen LogP contribution is -2.66. The number of piperidine rings is 4. The van der Waals surface area contributed by atoms with Gasteiger partial charge in [0.1, 0.15) is 0 Å². The second kappa shape index (κ2) is 9.08. The van der Waals surface area contributed by atoms with Gasteiger partial charge in [-0.1, -0.05) is 35.9 Å². The van der Waals surface area contributed by atoms with Crippen LogP contribution < -0.4 is 0 Å². The van der Waals surface area contributed by atoms with E-state index in [0.29, 0.717) is 23.8 Å². The minimum Gasteiger partial charge on any atom is -0.343 e. The van der Waals surface area contributed by atoms with Gasteiger partial charge < -0.3 is 9.47 Å². The quantitative estimate of drug-likeness (QED) is 0.400. The fourth-order valence-electron chi connectivity index (χ4n) is 7.86. The molecule has 7 rings (SSSR count). The van der Waals surface area contributed by atoms with Gasteiger partial charge in [0.05, 0.1) is 0 Å². The zero-order valence-corrected chi connectivity index (χ0v) is 21.5. The summed E-state index contributed by atoms with van der Waals surface area (Å²) in [6.45, 7) is 4.27. The number of hydrogen-bond acceptors (Lipinski definition) is 2. The van der Waals surface area contributed by atoms with Crippen molar-refractivity contribution in [3.8, 4) is 0 Å². The third kappa shape index (κ3) is 3.81. The van der Waals surface area contributed by atoms with Crippen molar-refractivity contribution in [3.63, 3.8) is 0 Å². The third-order valence-electron chi connectivity index (χ3n) is 9.34. The monoisotopic (exact) mass is 499 g/mol. The van der Waals surface area contributed by atoms with Crippen molar-refractivity contribution in [3.05, 3.63) is 76.5 Å². The maximum absolute atomic E-state index is 13.8. The summed E-state index contributed by atoms with van der Waals surface area (Å²) in [6, 6.07) is 17.8. The maximum Gasteiger partial charge on any atom is 0.250 e. The molecule has 0 spiro atoms. The summed E-state index contributed by atoms with van der Waals surface area (Å²) < 4.78 is 2.27. The molecule has 0 radical (unpaired) electrons. The molecule has 0 aliphatic carbocycles. The van der Waals surface area contributed by atoms with Gasteiger partial charge in [0.15, 0.2) is 0 Å². The first-order valence-corrected chi connectivity index (χ1v) is 14.1. The van der Waals surface area contributed by atoms with Gasteiger partial charge in [0.25, 0.3) is 0 Å². The van der Waals surface area contributed by atoms with Crippen LogP contribution >= 0.6 is 11.6 Å². The summed E-state index contributed by atoms with van der Waals surface area (Å²) >= 11 is 6.21. The molecule has 3 aromatic rings. The molecule has 1 amide bonds. The summed E-state index contributed by atoms with van der Waals surface area (Å²) in [5.74, 6) is 1.63. The summed E-state index contributed by atoms with van der Waals surface area (Å²) in [5, 5.41) is 1.97. The Bertz CT molecular complexity index is 1340. The third-order valence-corrected chi connectivity index (χ3v) is 9.57. The van der Waals surface area contributed by atoms with Gasteiger partial charge in [-0.05, 0) is 105 Å². The molecule has 1 aromatic heterocycles. The van der Waals surface area contributed by atoms with Crippen LogP contribution in [0.2, 0.25) is 5.02 Å². The summed E-state index contributed by atoms with van der Waals surface area (Å²) in [6.07, 6.45) is 11.5. The standard InChI is InChI=1S/C31H34ClN3O/c32-25-8-1-5-21(17-25)19-34-16-13-26-22(6-2-10-28(26)34)18-23-11-12-29-27-9-4-15-33-14-3-7-24(30(27)33)20-35(29)31(23)36/h1-2,5-6,8,10,13,16-18,24,27,29-30H,3-4,7,9,11-12,14-15,19-20H2/b23-18+/t24-,27+,29+,30-/m0/s1. The Morgan fingerprint density at radius 2 is 1.86 bits per heavy atom. The van der Waals surface area contributed by atoms with Crippen LogP contribution in [-0.4, -0.2) is 52.0 Å². The summed E-state index contributed by atoms with van der Waals surface area (Å²) in [7, 11) is 0. The average molecular weight is 500 g/mol. The molecule has 36 heavy (non-hydrogen) atoms. The highest BCUT2D eigenvalue weighted by Gasteiger charge is 2.51. The van der Waals surface area contributed by atoms with Gasteiger partial charge in [-0.15, -0.1) is 0 Å². The lowest BCUT2D eigenvalue weighted by molar-refractivity contribution is -0.145. The van der Waals surface area contributed by atoms with E-state index in [-0.39, 0.29) is 0 Å². The molecular formula is C31H34ClN3O. The van der Waals surface area contributed by atoms with Crippen LogP contribution in [0.1, 0.15) is 49.7 Å². The second-order valence-corrected chi connectivity index (χ2v) is 11.8. The Labute approximate surface area is 218 Å². The zero-order chi connectivity index (χ0) is 24.2. The average Bonchev–Trinajstić information content (AvgIpc) is 3.30. The van der Waals surface area contributed by atoms with Crippen LogP contribution in [0.3, 0.4) is 0 Å². The molecule has 4 aliphatic rings. The Morgan fingerprint density at radius 3 is 2.75 bits per heavy atom. The smallest absolute Gasteiger partial charge is 0.250 e. The molecule has 4 aliphatic heterocycles. The highest BCUT2D eigenvalue weighted by Crippen LogP contribution is 2.45. The molecule has 5 heteroatoms. The molecule has 4 nitrogen and oxygen atoms in total. The molecule has 4 fully saturated rings. The number of benzene rings is 2. The first kappa shape index (κ1) is 22.6. The van der Waals surface area contributed by atoms with Crippen molar-refractivity contribution in [1.29, 1.82) is 0 Å². The topological polar surface area (TPSA) is 28.5 Å². The predicted octanol–water partition coefficient (Wildman–Crippen LogP) is 6.22. The van der Waals surface area contributed by atoms with Gasteiger partial charge in [0, 0.05) is 52.9 Å².